The first-order valence-electron chi connectivity index (χ1n) is 5.41. The maximum atomic E-state index is 8.71. The van der Waals surface area contributed by atoms with Gasteiger partial charge in [0.25, 0.3) is 0 Å². The largest absolute Gasteiger partial charge is 0.366 e. The maximum Gasteiger partial charge on any atom is 0.224 e. The molecule has 0 atom stereocenters. The minimum atomic E-state index is 0.225. The molecule has 0 amide bonds. The molecular formula is C13H11ClN4. The lowest BCUT2D eigenvalue weighted by atomic mass is 10.1. The summed E-state index contributed by atoms with van der Waals surface area (Å²) in [6.45, 7) is 2.54. The molecule has 0 unspecified atom stereocenters. The van der Waals surface area contributed by atoms with Crippen LogP contribution in [0.3, 0.4) is 0 Å². The summed E-state index contributed by atoms with van der Waals surface area (Å²) >= 11 is 5.74. The molecule has 0 spiro atoms. The van der Waals surface area contributed by atoms with Crippen molar-refractivity contribution in [2.24, 2.45) is 0 Å². The van der Waals surface area contributed by atoms with Gasteiger partial charge >= 0.3 is 0 Å². The number of nitriles is 1. The Labute approximate surface area is 110 Å². The smallest absolute Gasteiger partial charge is 0.224 e. The number of aryl methyl sites for hydroxylation is 1. The van der Waals surface area contributed by atoms with Crippen LogP contribution in [0.25, 0.3) is 0 Å². The van der Waals surface area contributed by atoms with Gasteiger partial charge in [-0.15, -0.1) is 0 Å². The zero-order chi connectivity index (χ0) is 13.0. The summed E-state index contributed by atoms with van der Waals surface area (Å²) in [4.78, 5) is 8.01. The number of benzene rings is 1. The second-order valence-corrected chi connectivity index (χ2v) is 4.17. The van der Waals surface area contributed by atoms with Gasteiger partial charge in [-0.2, -0.15) is 5.26 Å². The SMILES string of the molecule is Cc1cnc(Cl)nc1NCc1ccc(C#N)cc1. The van der Waals surface area contributed by atoms with Crippen LogP contribution in [0.4, 0.5) is 5.82 Å². The molecule has 0 aliphatic heterocycles. The summed E-state index contributed by atoms with van der Waals surface area (Å²) in [7, 11) is 0. The summed E-state index contributed by atoms with van der Waals surface area (Å²) < 4.78 is 0. The highest BCUT2D eigenvalue weighted by Gasteiger charge is 2.02. The summed E-state index contributed by atoms with van der Waals surface area (Å²) in [6, 6.07) is 9.48. The highest BCUT2D eigenvalue weighted by molar-refractivity contribution is 6.28. The normalized spacial score (nSPS) is 9.83. The van der Waals surface area contributed by atoms with Gasteiger partial charge in [0, 0.05) is 18.3 Å². The van der Waals surface area contributed by atoms with E-state index < -0.39 is 0 Å². The van der Waals surface area contributed by atoms with Crippen molar-refractivity contribution >= 4 is 17.4 Å². The Kier molecular flexibility index (Phi) is 3.75. The second-order valence-electron chi connectivity index (χ2n) is 3.83. The minimum Gasteiger partial charge on any atom is -0.366 e. The third kappa shape index (κ3) is 2.96. The molecule has 0 bridgehead atoms. The third-order valence-corrected chi connectivity index (χ3v) is 2.67. The fraction of sp³-hybridized carbons (Fsp3) is 0.154. The van der Waals surface area contributed by atoms with E-state index in [0.29, 0.717) is 12.1 Å². The Morgan fingerprint density at radius 3 is 2.72 bits per heavy atom. The van der Waals surface area contributed by atoms with Gasteiger partial charge in [0.05, 0.1) is 11.6 Å². The van der Waals surface area contributed by atoms with Crippen molar-refractivity contribution in [1.82, 2.24) is 9.97 Å². The van der Waals surface area contributed by atoms with Crippen molar-refractivity contribution in [3.05, 3.63) is 52.4 Å². The maximum absolute atomic E-state index is 8.71. The molecular weight excluding hydrogens is 248 g/mol. The van der Waals surface area contributed by atoms with E-state index in [2.05, 4.69) is 21.4 Å². The van der Waals surface area contributed by atoms with Crippen LogP contribution in [0.5, 0.6) is 0 Å². The average Bonchev–Trinajstić information content (AvgIpc) is 2.40. The van der Waals surface area contributed by atoms with Gasteiger partial charge in [-0.05, 0) is 36.2 Å². The highest BCUT2D eigenvalue weighted by Crippen LogP contribution is 2.14. The van der Waals surface area contributed by atoms with Crippen LogP contribution >= 0.6 is 11.6 Å². The fourth-order valence-electron chi connectivity index (χ4n) is 1.48. The summed E-state index contributed by atoms with van der Waals surface area (Å²) in [6.07, 6.45) is 1.68. The molecule has 18 heavy (non-hydrogen) atoms. The van der Waals surface area contributed by atoms with E-state index >= 15 is 0 Å². The molecule has 90 valence electrons. The topological polar surface area (TPSA) is 61.6 Å². The molecule has 0 saturated heterocycles. The van der Waals surface area contributed by atoms with Crippen LogP contribution in [-0.4, -0.2) is 9.97 Å². The average molecular weight is 259 g/mol. The Morgan fingerprint density at radius 2 is 2.06 bits per heavy atom. The van der Waals surface area contributed by atoms with Crippen molar-refractivity contribution in [2.75, 3.05) is 5.32 Å². The fourth-order valence-corrected chi connectivity index (χ4v) is 1.62. The molecule has 0 aliphatic carbocycles. The van der Waals surface area contributed by atoms with Gasteiger partial charge in [0.2, 0.25) is 5.28 Å². The van der Waals surface area contributed by atoms with E-state index in [-0.39, 0.29) is 5.28 Å². The first kappa shape index (κ1) is 12.3. The first-order valence-corrected chi connectivity index (χ1v) is 5.79. The molecule has 0 saturated carbocycles. The van der Waals surface area contributed by atoms with Crippen LogP contribution in [0.15, 0.2) is 30.5 Å². The molecule has 0 fully saturated rings. The van der Waals surface area contributed by atoms with Crippen LogP contribution in [0, 0.1) is 18.3 Å². The Morgan fingerprint density at radius 1 is 1.33 bits per heavy atom. The minimum absolute atomic E-state index is 0.225. The van der Waals surface area contributed by atoms with Gasteiger partial charge < -0.3 is 5.32 Å². The quantitative estimate of drug-likeness (QED) is 0.860. The number of halogens is 1. The van der Waals surface area contributed by atoms with Crippen LogP contribution in [0.1, 0.15) is 16.7 Å². The summed E-state index contributed by atoms with van der Waals surface area (Å²) in [5, 5.41) is 12.1. The molecule has 1 aromatic carbocycles. The highest BCUT2D eigenvalue weighted by atomic mass is 35.5. The molecule has 1 heterocycles. The third-order valence-electron chi connectivity index (χ3n) is 2.49. The molecule has 1 aromatic heterocycles. The second kappa shape index (κ2) is 5.48. The van der Waals surface area contributed by atoms with Crippen molar-refractivity contribution in [1.29, 1.82) is 5.26 Å². The predicted molar refractivity (Wildman–Crippen MR) is 70.3 cm³/mol. The Balaban J connectivity index is 2.07. The molecule has 0 aliphatic rings. The number of hydrogen-bond donors (Lipinski definition) is 1. The molecule has 4 nitrogen and oxygen atoms in total. The monoisotopic (exact) mass is 258 g/mol. The lowest BCUT2D eigenvalue weighted by molar-refractivity contribution is 1.06. The standard InChI is InChI=1S/C13H11ClN4/c1-9-7-17-13(14)18-12(9)16-8-11-4-2-10(6-15)3-5-11/h2-5,7H,8H2,1H3,(H,16,17,18). The number of nitrogens with zero attached hydrogens (tertiary/aromatic N) is 3. The number of hydrogen-bond acceptors (Lipinski definition) is 4. The van der Waals surface area contributed by atoms with Gasteiger partial charge in [-0.1, -0.05) is 12.1 Å². The van der Waals surface area contributed by atoms with E-state index in [1.54, 1.807) is 18.3 Å². The van der Waals surface area contributed by atoms with E-state index in [0.717, 1.165) is 16.9 Å². The van der Waals surface area contributed by atoms with Crippen LogP contribution in [-0.2, 0) is 6.54 Å². The molecule has 0 radical (unpaired) electrons. The number of aromatic nitrogens is 2. The zero-order valence-electron chi connectivity index (χ0n) is 9.81. The van der Waals surface area contributed by atoms with E-state index in [1.807, 2.05) is 19.1 Å². The lowest BCUT2D eigenvalue weighted by Gasteiger charge is -2.08. The molecule has 5 heteroatoms. The van der Waals surface area contributed by atoms with Gasteiger partial charge in [-0.25, -0.2) is 9.97 Å². The van der Waals surface area contributed by atoms with Crippen LogP contribution in [0.2, 0.25) is 5.28 Å². The first-order chi connectivity index (χ1) is 8.69. The summed E-state index contributed by atoms with van der Waals surface area (Å²) in [5.74, 6) is 0.722. The lowest BCUT2D eigenvalue weighted by Crippen LogP contribution is -2.04. The van der Waals surface area contributed by atoms with Crippen molar-refractivity contribution in [2.45, 2.75) is 13.5 Å². The van der Waals surface area contributed by atoms with Gasteiger partial charge in [0.1, 0.15) is 5.82 Å². The van der Waals surface area contributed by atoms with Crippen molar-refractivity contribution < 1.29 is 0 Å². The van der Waals surface area contributed by atoms with Gasteiger partial charge in [-0.3, -0.25) is 0 Å². The molecule has 1 N–H and O–H groups in total. The zero-order valence-corrected chi connectivity index (χ0v) is 10.6. The molecule has 2 rings (SSSR count). The van der Waals surface area contributed by atoms with E-state index in [9.17, 15) is 0 Å². The van der Waals surface area contributed by atoms with Crippen molar-refractivity contribution in [3.8, 4) is 6.07 Å². The Hall–Kier alpha value is -2.12. The van der Waals surface area contributed by atoms with E-state index in [4.69, 9.17) is 16.9 Å². The number of anilines is 1. The Bertz CT molecular complexity index is 587. The van der Waals surface area contributed by atoms with Crippen molar-refractivity contribution in [3.63, 3.8) is 0 Å². The molecule has 2 aromatic rings. The van der Waals surface area contributed by atoms with Gasteiger partial charge in [0.15, 0.2) is 0 Å². The van der Waals surface area contributed by atoms with E-state index in [1.165, 1.54) is 0 Å². The van der Waals surface area contributed by atoms with Crippen LogP contribution < -0.4 is 5.32 Å². The predicted octanol–water partition coefficient (Wildman–Crippen LogP) is 2.92. The number of nitrogens with one attached hydrogen (secondary N) is 1. The number of rotatable bonds is 3. The summed E-state index contributed by atoms with van der Waals surface area (Å²) in [5.41, 5.74) is 2.66.